The lowest BCUT2D eigenvalue weighted by atomic mass is 9.74. The van der Waals surface area contributed by atoms with Crippen LogP contribution in [-0.4, -0.2) is 52.4 Å². The Morgan fingerprint density at radius 2 is 1.93 bits per heavy atom. The Balaban J connectivity index is 1.30. The molecule has 3 saturated heterocycles. The number of likely N-dealkylation sites (tertiary alicyclic amines) is 1. The number of anilines is 1. The van der Waals surface area contributed by atoms with Gasteiger partial charge in [-0.1, -0.05) is 36.8 Å². The maximum Gasteiger partial charge on any atom is 0.255 e. The van der Waals surface area contributed by atoms with Gasteiger partial charge in [0, 0.05) is 37.9 Å². The lowest BCUT2D eigenvalue weighted by Crippen LogP contribution is -2.62. The molecular weight excluding hydrogens is 360 g/mol. The van der Waals surface area contributed by atoms with E-state index in [0.29, 0.717) is 35.3 Å². The number of piperidine rings is 3. The predicted molar refractivity (Wildman–Crippen MR) is 114 cm³/mol. The first kappa shape index (κ1) is 18.6. The fraction of sp³-hybridized carbons (Fsp3) is 0.500. The fourth-order valence-corrected chi connectivity index (χ4v) is 5.90. The summed E-state index contributed by atoms with van der Waals surface area (Å²) in [6.07, 6.45) is 7.90. The summed E-state index contributed by atoms with van der Waals surface area (Å²) >= 11 is 0. The largest absolute Gasteiger partial charge is 0.384 e. The second-order valence-electron chi connectivity index (χ2n) is 9.08. The zero-order chi connectivity index (χ0) is 19.8. The number of amides is 1. The second kappa shape index (κ2) is 7.79. The second-order valence-corrected chi connectivity index (χ2v) is 9.08. The van der Waals surface area contributed by atoms with E-state index in [1.165, 1.54) is 31.2 Å². The van der Waals surface area contributed by atoms with Gasteiger partial charge >= 0.3 is 0 Å². The molecule has 5 heteroatoms. The number of pyridine rings is 1. The molecule has 1 amide bonds. The SMILES string of the molecule is Nc1ccc(C(=O)N2C[C@@H]3C[C@H](C2)[C@@H]2CCC[C@H](Cc4ccccc4)N2C3)cn1. The van der Waals surface area contributed by atoms with E-state index in [1.807, 2.05) is 0 Å². The van der Waals surface area contributed by atoms with E-state index in [4.69, 9.17) is 5.73 Å². The van der Waals surface area contributed by atoms with Crippen LogP contribution in [0, 0.1) is 11.8 Å². The van der Waals surface area contributed by atoms with Crippen molar-refractivity contribution in [1.29, 1.82) is 0 Å². The number of fused-ring (bicyclic) bond motifs is 4. The maximum atomic E-state index is 13.0. The van der Waals surface area contributed by atoms with Crippen molar-refractivity contribution in [3.8, 4) is 0 Å². The minimum Gasteiger partial charge on any atom is -0.384 e. The number of rotatable bonds is 3. The van der Waals surface area contributed by atoms with Gasteiger partial charge in [-0.15, -0.1) is 0 Å². The van der Waals surface area contributed by atoms with Crippen molar-refractivity contribution in [2.75, 3.05) is 25.4 Å². The highest BCUT2D eigenvalue weighted by molar-refractivity contribution is 5.94. The zero-order valence-corrected chi connectivity index (χ0v) is 16.9. The van der Waals surface area contributed by atoms with Crippen LogP contribution in [0.2, 0.25) is 0 Å². The summed E-state index contributed by atoms with van der Waals surface area (Å²) in [6.45, 7) is 2.86. The van der Waals surface area contributed by atoms with E-state index in [-0.39, 0.29) is 5.91 Å². The monoisotopic (exact) mass is 390 g/mol. The zero-order valence-electron chi connectivity index (χ0n) is 16.9. The Morgan fingerprint density at radius 3 is 2.72 bits per heavy atom. The number of nitrogens with two attached hydrogens (primary N) is 1. The summed E-state index contributed by atoms with van der Waals surface area (Å²) in [5.41, 5.74) is 7.78. The van der Waals surface area contributed by atoms with Crippen LogP contribution in [0.5, 0.6) is 0 Å². The van der Waals surface area contributed by atoms with Gasteiger partial charge in [0.05, 0.1) is 5.56 Å². The van der Waals surface area contributed by atoms with E-state index in [2.05, 4.69) is 45.1 Å². The van der Waals surface area contributed by atoms with Gasteiger partial charge in [0.2, 0.25) is 0 Å². The van der Waals surface area contributed by atoms with Crippen molar-refractivity contribution in [2.24, 2.45) is 11.8 Å². The van der Waals surface area contributed by atoms with Gasteiger partial charge in [-0.05, 0) is 55.2 Å². The summed E-state index contributed by atoms with van der Waals surface area (Å²) in [5, 5.41) is 0. The third kappa shape index (κ3) is 3.76. The van der Waals surface area contributed by atoms with Gasteiger partial charge in [-0.2, -0.15) is 0 Å². The van der Waals surface area contributed by atoms with Crippen LogP contribution >= 0.6 is 0 Å². The van der Waals surface area contributed by atoms with E-state index in [9.17, 15) is 4.79 Å². The van der Waals surface area contributed by atoms with Crippen LogP contribution in [0.4, 0.5) is 5.82 Å². The average Bonchev–Trinajstić information content (AvgIpc) is 2.75. The first-order valence-electron chi connectivity index (χ1n) is 11.0. The van der Waals surface area contributed by atoms with Crippen LogP contribution < -0.4 is 5.73 Å². The standard InChI is InChI=1S/C24H30N4O/c25-23-10-9-19(13-26-23)24(29)27-14-18-11-20(16-27)22-8-4-7-21(28(22)15-18)12-17-5-2-1-3-6-17/h1-3,5-6,9-10,13,18,20-22H,4,7-8,11-12,14-16H2,(H2,25,26)/t18-,20+,21+,22-/m0/s1. The van der Waals surface area contributed by atoms with Crippen molar-refractivity contribution in [1.82, 2.24) is 14.8 Å². The molecule has 5 rings (SSSR count). The van der Waals surface area contributed by atoms with Gasteiger partial charge in [0.1, 0.15) is 5.82 Å². The van der Waals surface area contributed by atoms with Crippen LogP contribution in [0.25, 0.3) is 0 Å². The summed E-state index contributed by atoms with van der Waals surface area (Å²) in [4.78, 5) is 22.0. The van der Waals surface area contributed by atoms with E-state index < -0.39 is 0 Å². The highest BCUT2D eigenvalue weighted by Gasteiger charge is 2.45. The molecule has 5 nitrogen and oxygen atoms in total. The van der Waals surface area contributed by atoms with E-state index >= 15 is 0 Å². The molecule has 2 bridgehead atoms. The molecule has 0 spiro atoms. The fourth-order valence-electron chi connectivity index (χ4n) is 5.90. The Labute approximate surface area is 172 Å². The molecule has 3 aliphatic heterocycles. The van der Waals surface area contributed by atoms with Crippen molar-refractivity contribution in [3.05, 3.63) is 59.8 Å². The molecule has 0 saturated carbocycles. The summed E-state index contributed by atoms with van der Waals surface area (Å²) < 4.78 is 0. The Kier molecular flexibility index (Phi) is 5.00. The molecule has 4 heterocycles. The Bertz CT molecular complexity index is 853. The molecule has 2 aromatic rings. The van der Waals surface area contributed by atoms with E-state index in [1.54, 1.807) is 18.3 Å². The van der Waals surface area contributed by atoms with Gasteiger partial charge < -0.3 is 10.6 Å². The molecule has 0 unspecified atom stereocenters. The number of hydrogen-bond donors (Lipinski definition) is 1. The minimum atomic E-state index is 0.109. The first-order chi connectivity index (χ1) is 14.2. The molecule has 1 aromatic heterocycles. The van der Waals surface area contributed by atoms with Crippen molar-refractivity contribution in [3.63, 3.8) is 0 Å². The molecule has 0 radical (unpaired) electrons. The molecule has 4 atom stereocenters. The molecule has 152 valence electrons. The van der Waals surface area contributed by atoms with Gasteiger partial charge in [0.15, 0.2) is 0 Å². The third-order valence-electron chi connectivity index (χ3n) is 7.15. The number of benzene rings is 1. The van der Waals surface area contributed by atoms with Crippen molar-refractivity contribution < 1.29 is 4.79 Å². The summed E-state index contributed by atoms with van der Waals surface area (Å²) in [6, 6.07) is 15.7. The average molecular weight is 391 g/mol. The van der Waals surface area contributed by atoms with Gasteiger partial charge in [-0.25, -0.2) is 4.98 Å². The lowest BCUT2D eigenvalue weighted by Gasteiger charge is -2.55. The normalized spacial score (nSPS) is 29.3. The van der Waals surface area contributed by atoms with Gasteiger partial charge in [-0.3, -0.25) is 9.69 Å². The summed E-state index contributed by atoms with van der Waals surface area (Å²) in [7, 11) is 0. The number of aromatic nitrogens is 1. The molecule has 0 aliphatic carbocycles. The molecule has 3 aliphatic rings. The number of carbonyl (C=O) groups excluding carboxylic acids is 1. The van der Waals surface area contributed by atoms with Crippen molar-refractivity contribution in [2.45, 2.75) is 44.2 Å². The van der Waals surface area contributed by atoms with Gasteiger partial charge in [0.25, 0.3) is 5.91 Å². The smallest absolute Gasteiger partial charge is 0.255 e. The van der Waals surface area contributed by atoms with E-state index in [0.717, 1.165) is 26.1 Å². The maximum absolute atomic E-state index is 13.0. The molecule has 1 aromatic carbocycles. The summed E-state index contributed by atoms with van der Waals surface area (Å²) in [5.74, 6) is 1.73. The number of nitrogens with zero attached hydrogens (tertiary/aromatic N) is 3. The van der Waals surface area contributed by atoms with Crippen LogP contribution in [0.1, 0.15) is 41.6 Å². The number of nitrogen functional groups attached to an aromatic ring is 1. The molecular formula is C24H30N4O. The number of hydrogen-bond acceptors (Lipinski definition) is 4. The first-order valence-corrected chi connectivity index (χ1v) is 11.0. The van der Waals surface area contributed by atoms with Crippen LogP contribution in [-0.2, 0) is 6.42 Å². The van der Waals surface area contributed by atoms with Crippen molar-refractivity contribution >= 4 is 11.7 Å². The topological polar surface area (TPSA) is 62.5 Å². The predicted octanol–water partition coefficient (Wildman–Crippen LogP) is 3.22. The Hall–Kier alpha value is -2.40. The van der Waals surface area contributed by atoms with Crippen LogP contribution in [0.15, 0.2) is 48.7 Å². The number of carbonyl (C=O) groups is 1. The quantitative estimate of drug-likeness (QED) is 0.874. The minimum absolute atomic E-state index is 0.109. The molecule has 2 N–H and O–H groups in total. The lowest BCUT2D eigenvalue weighted by molar-refractivity contribution is -0.0498. The highest BCUT2D eigenvalue weighted by atomic mass is 16.2. The van der Waals surface area contributed by atoms with Crippen LogP contribution in [0.3, 0.4) is 0 Å². The molecule has 3 fully saturated rings. The highest BCUT2D eigenvalue weighted by Crippen LogP contribution is 2.40. The third-order valence-corrected chi connectivity index (χ3v) is 7.15. The Morgan fingerprint density at radius 1 is 1.07 bits per heavy atom. The molecule has 29 heavy (non-hydrogen) atoms.